The van der Waals surface area contributed by atoms with E-state index in [1.807, 2.05) is 0 Å². The highest BCUT2D eigenvalue weighted by atomic mass is 16.5. The van der Waals surface area contributed by atoms with E-state index in [9.17, 15) is 0 Å². The molecule has 0 heterocycles. The highest BCUT2D eigenvalue weighted by molar-refractivity contribution is 5.34. The van der Waals surface area contributed by atoms with E-state index in [-0.39, 0.29) is 0 Å². The number of aryl methyl sites for hydroxylation is 2. The Bertz CT molecular complexity index is 369. The van der Waals surface area contributed by atoms with E-state index >= 15 is 0 Å². The first-order chi connectivity index (χ1) is 9.58. The minimum atomic E-state index is 0.346. The van der Waals surface area contributed by atoms with Crippen LogP contribution in [0.4, 0.5) is 0 Å². The average Bonchev–Trinajstić information content (AvgIpc) is 2.44. The summed E-state index contributed by atoms with van der Waals surface area (Å²) in [6.07, 6.45) is 4.93. The summed E-state index contributed by atoms with van der Waals surface area (Å²) in [5.41, 5.74) is 4.33. The lowest BCUT2D eigenvalue weighted by Crippen LogP contribution is -2.33. The molecule has 114 valence electrons. The maximum atomic E-state index is 5.37. The van der Waals surface area contributed by atoms with Gasteiger partial charge in [0.25, 0.3) is 0 Å². The Morgan fingerprint density at radius 2 is 1.80 bits per heavy atom. The molecular formula is C18H31NO. The second kappa shape index (κ2) is 9.15. The SMILES string of the molecule is CCCNC(CCC(C)OC)Cc1c(C)cccc1C. The lowest BCUT2D eigenvalue weighted by molar-refractivity contribution is 0.106. The molecule has 0 aliphatic heterocycles. The molecule has 0 spiro atoms. The second-order valence-corrected chi connectivity index (χ2v) is 5.85. The van der Waals surface area contributed by atoms with Crippen molar-refractivity contribution in [2.75, 3.05) is 13.7 Å². The van der Waals surface area contributed by atoms with Crippen LogP contribution >= 0.6 is 0 Å². The molecule has 2 unspecified atom stereocenters. The van der Waals surface area contributed by atoms with Gasteiger partial charge in [0.2, 0.25) is 0 Å². The normalized spacial score (nSPS) is 14.2. The summed E-state index contributed by atoms with van der Waals surface area (Å²) in [5, 5.41) is 3.70. The molecule has 1 aromatic rings. The smallest absolute Gasteiger partial charge is 0.0543 e. The van der Waals surface area contributed by atoms with Crippen LogP contribution in [0.2, 0.25) is 0 Å². The van der Waals surface area contributed by atoms with Crippen molar-refractivity contribution in [3.05, 3.63) is 34.9 Å². The zero-order valence-electron chi connectivity index (χ0n) is 13.8. The predicted octanol–water partition coefficient (Wildman–Crippen LogP) is 4.03. The van der Waals surface area contributed by atoms with Gasteiger partial charge in [0, 0.05) is 13.2 Å². The summed E-state index contributed by atoms with van der Waals surface area (Å²) in [6.45, 7) is 9.90. The zero-order valence-corrected chi connectivity index (χ0v) is 13.8. The van der Waals surface area contributed by atoms with Crippen LogP contribution in [0.3, 0.4) is 0 Å². The van der Waals surface area contributed by atoms with Gasteiger partial charge in [-0.1, -0.05) is 25.1 Å². The number of methoxy groups -OCH3 is 1. The molecule has 0 radical (unpaired) electrons. The highest BCUT2D eigenvalue weighted by Gasteiger charge is 2.13. The fourth-order valence-corrected chi connectivity index (χ4v) is 2.60. The average molecular weight is 277 g/mol. The molecule has 0 amide bonds. The number of ether oxygens (including phenoxy) is 1. The molecule has 0 saturated heterocycles. The maximum Gasteiger partial charge on any atom is 0.0543 e. The van der Waals surface area contributed by atoms with Crippen LogP contribution in [-0.2, 0) is 11.2 Å². The molecule has 0 aromatic heterocycles. The molecule has 0 aliphatic rings. The van der Waals surface area contributed by atoms with Gasteiger partial charge in [-0.25, -0.2) is 0 Å². The summed E-state index contributed by atoms with van der Waals surface area (Å²) >= 11 is 0. The monoisotopic (exact) mass is 277 g/mol. The molecule has 2 heteroatoms. The second-order valence-electron chi connectivity index (χ2n) is 5.85. The van der Waals surface area contributed by atoms with Gasteiger partial charge in [-0.3, -0.25) is 0 Å². The summed E-state index contributed by atoms with van der Waals surface area (Å²) in [7, 11) is 1.80. The van der Waals surface area contributed by atoms with Gasteiger partial charge in [0.05, 0.1) is 6.10 Å². The van der Waals surface area contributed by atoms with E-state index < -0.39 is 0 Å². The van der Waals surface area contributed by atoms with Crippen molar-refractivity contribution in [2.24, 2.45) is 0 Å². The Morgan fingerprint density at radius 1 is 1.15 bits per heavy atom. The molecule has 2 atom stereocenters. The number of benzene rings is 1. The first kappa shape index (κ1) is 17.2. The molecule has 2 nitrogen and oxygen atoms in total. The lowest BCUT2D eigenvalue weighted by Gasteiger charge is -2.22. The predicted molar refractivity (Wildman–Crippen MR) is 87.4 cm³/mol. The van der Waals surface area contributed by atoms with Gasteiger partial charge in [0.1, 0.15) is 0 Å². The molecular weight excluding hydrogens is 246 g/mol. The molecule has 0 aliphatic carbocycles. The molecule has 1 rings (SSSR count). The molecule has 0 saturated carbocycles. The summed E-state index contributed by atoms with van der Waals surface area (Å²) in [5.74, 6) is 0. The number of nitrogens with one attached hydrogen (secondary N) is 1. The van der Waals surface area contributed by atoms with Crippen molar-refractivity contribution in [1.82, 2.24) is 5.32 Å². The van der Waals surface area contributed by atoms with E-state index in [1.165, 1.54) is 29.5 Å². The van der Waals surface area contributed by atoms with Crippen LogP contribution in [0.15, 0.2) is 18.2 Å². The Morgan fingerprint density at radius 3 is 2.35 bits per heavy atom. The van der Waals surface area contributed by atoms with Crippen molar-refractivity contribution in [3.63, 3.8) is 0 Å². The van der Waals surface area contributed by atoms with Gasteiger partial charge in [-0.05, 0) is 69.7 Å². The largest absolute Gasteiger partial charge is 0.382 e. The summed E-state index contributed by atoms with van der Waals surface area (Å²) < 4.78 is 5.37. The van der Waals surface area contributed by atoms with Crippen molar-refractivity contribution in [3.8, 4) is 0 Å². The Labute approximate surface area is 124 Å². The van der Waals surface area contributed by atoms with Crippen LogP contribution in [-0.4, -0.2) is 25.8 Å². The fourth-order valence-electron chi connectivity index (χ4n) is 2.60. The fraction of sp³-hybridized carbons (Fsp3) is 0.667. The van der Waals surface area contributed by atoms with Crippen LogP contribution in [0.25, 0.3) is 0 Å². The van der Waals surface area contributed by atoms with Crippen molar-refractivity contribution >= 4 is 0 Å². The van der Waals surface area contributed by atoms with E-state index in [0.29, 0.717) is 12.1 Å². The number of hydrogen-bond acceptors (Lipinski definition) is 2. The van der Waals surface area contributed by atoms with Crippen molar-refractivity contribution in [1.29, 1.82) is 0 Å². The van der Waals surface area contributed by atoms with Crippen LogP contribution < -0.4 is 5.32 Å². The lowest BCUT2D eigenvalue weighted by atomic mass is 9.94. The Hall–Kier alpha value is -0.860. The Kier molecular flexibility index (Phi) is 7.86. The van der Waals surface area contributed by atoms with Gasteiger partial charge in [-0.15, -0.1) is 0 Å². The third kappa shape index (κ3) is 5.64. The molecule has 1 aromatic carbocycles. The van der Waals surface area contributed by atoms with Gasteiger partial charge >= 0.3 is 0 Å². The third-order valence-corrected chi connectivity index (χ3v) is 4.10. The first-order valence-corrected chi connectivity index (χ1v) is 7.89. The van der Waals surface area contributed by atoms with Gasteiger partial charge in [-0.2, -0.15) is 0 Å². The quantitative estimate of drug-likeness (QED) is 0.736. The van der Waals surface area contributed by atoms with Crippen LogP contribution in [0.5, 0.6) is 0 Å². The number of hydrogen-bond donors (Lipinski definition) is 1. The van der Waals surface area contributed by atoms with E-state index in [0.717, 1.165) is 19.4 Å². The molecule has 0 fully saturated rings. The van der Waals surface area contributed by atoms with Crippen LogP contribution in [0.1, 0.15) is 49.8 Å². The number of rotatable bonds is 9. The minimum Gasteiger partial charge on any atom is -0.382 e. The molecule has 1 N–H and O–H groups in total. The Balaban J connectivity index is 2.68. The van der Waals surface area contributed by atoms with Crippen LogP contribution in [0, 0.1) is 13.8 Å². The maximum absolute atomic E-state index is 5.37. The summed E-state index contributed by atoms with van der Waals surface area (Å²) in [4.78, 5) is 0. The van der Waals surface area contributed by atoms with Gasteiger partial charge in [0.15, 0.2) is 0 Å². The molecule has 20 heavy (non-hydrogen) atoms. The third-order valence-electron chi connectivity index (χ3n) is 4.10. The molecule has 0 bridgehead atoms. The topological polar surface area (TPSA) is 21.3 Å². The van der Waals surface area contributed by atoms with Crippen molar-refractivity contribution in [2.45, 2.75) is 65.5 Å². The summed E-state index contributed by atoms with van der Waals surface area (Å²) in [6, 6.07) is 7.14. The highest BCUT2D eigenvalue weighted by Crippen LogP contribution is 2.18. The zero-order chi connectivity index (χ0) is 15.0. The van der Waals surface area contributed by atoms with E-state index in [2.05, 4.69) is 51.2 Å². The standard InChI is InChI=1S/C18H31NO/c1-6-12-19-17(11-10-16(4)20-5)13-18-14(2)8-7-9-15(18)3/h7-9,16-17,19H,6,10-13H2,1-5H3. The first-order valence-electron chi connectivity index (χ1n) is 7.89. The van der Waals surface area contributed by atoms with E-state index in [4.69, 9.17) is 4.74 Å². The van der Waals surface area contributed by atoms with Crippen molar-refractivity contribution < 1.29 is 4.74 Å². The van der Waals surface area contributed by atoms with Gasteiger partial charge < -0.3 is 10.1 Å². The minimum absolute atomic E-state index is 0.346. The van der Waals surface area contributed by atoms with E-state index in [1.54, 1.807) is 7.11 Å².